The molecule has 2 aromatic carbocycles. The Hall–Kier alpha value is -2.97. The molecular weight excluding hydrogens is 483 g/mol. The number of nitrogens with one attached hydrogen (secondary N) is 3. The Morgan fingerprint density at radius 2 is 1.77 bits per heavy atom. The molecule has 1 aliphatic rings. The summed E-state index contributed by atoms with van der Waals surface area (Å²) in [6.45, 7) is 10.1. The highest BCUT2D eigenvalue weighted by atomic mass is 35.5. The van der Waals surface area contributed by atoms with E-state index in [1.165, 1.54) is 12.1 Å². The van der Waals surface area contributed by atoms with Crippen molar-refractivity contribution in [3.63, 3.8) is 0 Å². The van der Waals surface area contributed by atoms with Gasteiger partial charge in [-0.05, 0) is 42.0 Å². The maximum absolute atomic E-state index is 13.5. The van der Waals surface area contributed by atoms with E-state index in [0.29, 0.717) is 51.6 Å². The second-order valence-electron chi connectivity index (χ2n) is 8.94. The predicted octanol–water partition coefficient (Wildman–Crippen LogP) is 4.48. The zero-order valence-corrected chi connectivity index (χ0v) is 22.3. The molecule has 0 atom stereocenters. The molecule has 6 nitrogen and oxygen atoms in total. The van der Waals surface area contributed by atoms with Crippen molar-refractivity contribution in [3.8, 4) is 0 Å². The van der Waals surface area contributed by atoms with Crippen molar-refractivity contribution in [2.75, 3.05) is 11.9 Å². The normalized spacial score (nSPS) is 14.6. The monoisotopic (exact) mass is 514 g/mol. The van der Waals surface area contributed by atoms with E-state index < -0.39 is 0 Å². The first-order valence-corrected chi connectivity index (χ1v) is 12.4. The van der Waals surface area contributed by atoms with Crippen LogP contribution in [0.4, 0.5) is 10.1 Å². The largest absolute Gasteiger partial charge is 0.367 e. The lowest BCUT2D eigenvalue weighted by atomic mass is 9.93. The van der Waals surface area contributed by atoms with Crippen molar-refractivity contribution in [2.24, 2.45) is 17.5 Å². The van der Waals surface area contributed by atoms with Gasteiger partial charge in [-0.25, -0.2) is 4.39 Å². The number of hydrogen-bond acceptors (Lipinski definition) is 5. The minimum atomic E-state index is -0.319. The summed E-state index contributed by atoms with van der Waals surface area (Å²) in [6.07, 6.45) is 0. The van der Waals surface area contributed by atoms with Crippen molar-refractivity contribution in [1.82, 2.24) is 14.5 Å². The Balaban J connectivity index is 0.00000167. The van der Waals surface area contributed by atoms with Crippen molar-refractivity contribution in [3.05, 3.63) is 85.9 Å². The van der Waals surface area contributed by atoms with Gasteiger partial charge in [-0.3, -0.25) is 15.0 Å². The van der Waals surface area contributed by atoms with E-state index in [2.05, 4.69) is 24.5 Å². The highest BCUT2D eigenvalue weighted by Gasteiger charge is 2.24. The third-order valence-corrected chi connectivity index (χ3v) is 6.28. The van der Waals surface area contributed by atoms with E-state index >= 15 is 0 Å². The van der Waals surface area contributed by atoms with Crippen LogP contribution < -0.4 is 27.0 Å². The van der Waals surface area contributed by atoms with E-state index in [4.69, 9.17) is 34.2 Å². The van der Waals surface area contributed by atoms with Crippen LogP contribution in [-0.2, 0) is 20.1 Å². The first kappa shape index (κ1) is 26.6. The van der Waals surface area contributed by atoms with Gasteiger partial charge in [0.2, 0.25) is 5.62 Å². The third-order valence-electron chi connectivity index (χ3n) is 5.55. The Labute approximate surface area is 215 Å². The van der Waals surface area contributed by atoms with Crippen LogP contribution in [0.1, 0.15) is 33.3 Å². The molecule has 0 spiro atoms. The number of fused-ring (bicyclic) bond motifs is 1. The van der Waals surface area contributed by atoms with E-state index in [9.17, 15) is 4.39 Å². The molecule has 9 heteroatoms. The SMILES string of the molecule is CC.Cn1c(=S)/c(=C(/NCc2ccc(Cl)cc2)Nc2ccc(F)cc2)c(=N)n2c1=NCC(C)(C)C2. The maximum atomic E-state index is 13.5. The summed E-state index contributed by atoms with van der Waals surface area (Å²) in [4.78, 5) is 4.70. The van der Waals surface area contributed by atoms with Gasteiger partial charge < -0.3 is 15.2 Å². The third kappa shape index (κ3) is 6.18. The van der Waals surface area contributed by atoms with Crippen molar-refractivity contribution >= 4 is 35.3 Å². The van der Waals surface area contributed by atoms with Gasteiger partial charge in [-0.2, -0.15) is 0 Å². The zero-order chi connectivity index (χ0) is 25.8. The molecule has 0 aliphatic carbocycles. The number of rotatable bonds is 5. The molecular formula is C26H32ClFN6S. The van der Waals surface area contributed by atoms with Crippen LogP contribution in [0.15, 0.2) is 53.5 Å². The minimum Gasteiger partial charge on any atom is -0.367 e. The first-order valence-electron chi connectivity index (χ1n) is 11.6. The van der Waals surface area contributed by atoms with Crippen molar-refractivity contribution in [1.29, 1.82) is 5.41 Å². The van der Waals surface area contributed by atoms with Crippen LogP contribution >= 0.6 is 23.8 Å². The number of hydrogen-bond donors (Lipinski definition) is 3. The molecule has 4 rings (SSSR count). The Kier molecular flexibility index (Phi) is 8.51. The van der Waals surface area contributed by atoms with E-state index in [1.54, 1.807) is 12.1 Å². The number of halogens is 2. The number of nitrogens with zero attached hydrogens (tertiary/aromatic N) is 3. The lowest BCUT2D eigenvalue weighted by molar-refractivity contribution is 0.268. The van der Waals surface area contributed by atoms with Crippen LogP contribution in [-0.4, -0.2) is 15.7 Å². The molecule has 0 amide bonds. The van der Waals surface area contributed by atoms with Crippen molar-refractivity contribution < 1.29 is 4.39 Å². The second-order valence-corrected chi connectivity index (χ2v) is 9.76. The van der Waals surface area contributed by atoms with Crippen LogP contribution in [0.3, 0.4) is 0 Å². The number of aromatic nitrogens is 2. The Bertz CT molecular complexity index is 1420. The van der Waals surface area contributed by atoms with E-state index in [1.807, 2.05) is 54.3 Å². The topological polar surface area (TPSA) is 70.1 Å². The molecule has 2 heterocycles. The van der Waals surface area contributed by atoms with Gasteiger partial charge in [0.25, 0.3) is 0 Å². The summed E-state index contributed by atoms with van der Waals surface area (Å²) in [7, 11) is 1.87. The highest BCUT2D eigenvalue weighted by Crippen LogP contribution is 2.18. The van der Waals surface area contributed by atoms with Crippen LogP contribution in [0.2, 0.25) is 5.02 Å². The highest BCUT2D eigenvalue weighted by molar-refractivity contribution is 7.71. The van der Waals surface area contributed by atoms with Gasteiger partial charge in [0.1, 0.15) is 21.8 Å². The minimum absolute atomic E-state index is 0.0675. The fourth-order valence-electron chi connectivity index (χ4n) is 3.77. The van der Waals surface area contributed by atoms with Crippen molar-refractivity contribution in [2.45, 2.75) is 40.8 Å². The van der Waals surface area contributed by atoms with Gasteiger partial charge in [0, 0.05) is 42.8 Å². The fraction of sp³-hybridized carbons (Fsp3) is 0.346. The molecule has 0 saturated carbocycles. The molecule has 0 bridgehead atoms. The second kappa shape index (κ2) is 11.2. The quantitative estimate of drug-likeness (QED) is 0.440. The number of anilines is 1. The maximum Gasteiger partial charge on any atom is 0.207 e. The molecule has 0 fully saturated rings. The van der Waals surface area contributed by atoms with Gasteiger partial charge in [-0.15, -0.1) is 0 Å². The molecule has 35 heavy (non-hydrogen) atoms. The Morgan fingerprint density at radius 3 is 2.40 bits per heavy atom. The fourth-order valence-corrected chi connectivity index (χ4v) is 4.18. The summed E-state index contributed by atoms with van der Waals surface area (Å²) in [5.74, 6) is 0.252. The lowest BCUT2D eigenvalue weighted by Gasteiger charge is -2.29. The molecule has 1 aliphatic heterocycles. The molecule has 1 aromatic heterocycles. The molecule has 186 valence electrons. The number of benzene rings is 2. The predicted molar refractivity (Wildman–Crippen MR) is 143 cm³/mol. The van der Waals surface area contributed by atoms with Gasteiger partial charge in [0.05, 0.1) is 5.22 Å². The summed E-state index contributed by atoms with van der Waals surface area (Å²) in [6, 6.07) is 13.6. The molecule has 0 saturated heterocycles. The zero-order valence-electron chi connectivity index (χ0n) is 20.7. The summed E-state index contributed by atoms with van der Waals surface area (Å²) < 4.78 is 17.7. The smallest absolute Gasteiger partial charge is 0.207 e. The molecule has 0 unspecified atom stereocenters. The van der Waals surface area contributed by atoms with E-state index in [0.717, 1.165) is 5.56 Å². The first-order chi connectivity index (χ1) is 16.6. The summed E-state index contributed by atoms with van der Waals surface area (Å²) >= 11 is 11.8. The lowest BCUT2D eigenvalue weighted by Crippen LogP contribution is -2.55. The summed E-state index contributed by atoms with van der Waals surface area (Å²) in [5, 5.41) is 17.0. The Morgan fingerprint density at radius 1 is 1.14 bits per heavy atom. The molecule has 0 radical (unpaired) electrons. The van der Waals surface area contributed by atoms with Gasteiger partial charge >= 0.3 is 0 Å². The average Bonchev–Trinajstić information content (AvgIpc) is 2.84. The van der Waals surface area contributed by atoms with Gasteiger partial charge in [0.15, 0.2) is 0 Å². The molecule has 3 N–H and O–H groups in total. The summed E-state index contributed by atoms with van der Waals surface area (Å²) in [5.41, 5.74) is 2.59. The van der Waals surface area contributed by atoms with E-state index in [-0.39, 0.29) is 16.7 Å². The van der Waals surface area contributed by atoms with Crippen LogP contribution in [0.25, 0.3) is 5.82 Å². The average molecular weight is 515 g/mol. The molecule has 3 aromatic rings. The standard InChI is InChI=1S/C24H26ClFN6S.C2H6/c1-24(2)13-29-23-31(3)22(33)19(20(27)32(23)14-24)21(30-18-10-8-17(26)9-11-18)28-12-15-4-6-16(25)7-5-15;1-2/h4-11,27-28,30H,12-14H2,1-3H3;1-2H3/b21-19-,27-20?;. The van der Waals surface area contributed by atoms with Gasteiger partial charge in [-0.1, -0.05) is 63.6 Å². The van der Waals surface area contributed by atoms with Crippen LogP contribution in [0.5, 0.6) is 0 Å². The van der Waals surface area contributed by atoms with Crippen LogP contribution in [0, 0.1) is 21.3 Å².